The number of fused-ring (bicyclic) bond motifs is 1. The summed E-state index contributed by atoms with van der Waals surface area (Å²) in [5, 5.41) is 24.5. The van der Waals surface area contributed by atoms with E-state index < -0.39 is 58.9 Å². The van der Waals surface area contributed by atoms with Gasteiger partial charge >= 0.3 is 12.1 Å². The summed E-state index contributed by atoms with van der Waals surface area (Å²) >= 11 is 0. The van der Waals surface area contributed by atoms with Crippen LogP contribution in [-0.2, 0) is 23.9 Å². The van der Waals surface area contributed by atoms with Gasteiger partial charge in [0.2, 0.25) is 11.8 Å². The summed E-state index contributed by atoms with van der Waals surface area (Å²) < 4.78 is 25.9. The number of nitrogens with zero attached hydrogens (tertiary/aromatic N) is 5. The van der Waals surface area contributed by atoms with E-state index in [9.17, 15) is 24.3 Å². The smallest absolute Gasteiger partial charge is 0.408 e. The second-order valence-corrected chi connectivity index (χ2v) is 19.1. The Balaban J connectivity index is 1.18. The number of nitrogens with one attached hydrogen (secondary N) is 3. The van der Waals surface area contributed by atoms with Gasteiger partial charge in [-0.2, -0.15) is 0 Å². The Morgan fingerprint density at radius 3 is 2.43 bits per heavy atom. The van der Waals surface area contributed by atoms with Crippen molar-refractivity contribution in [3.05, 3.63) is 49.2 Å². The number of anilines is 1. The first-order valence-electron chi connectivity index (χ1n) is 22.3. The highest BCUT2D eigenvalue weighted by Gasteiger charge is 2.61. The lowest BCUT2D eigenvalue weighted by Crippen LogP contribution is -2.59. The number of hydrogen-bond acceptors (Lipinski definition) is 12. The first kappa shape index (κ1) is 45.6. The molecule has 1 unspecified atom stereocenters. The number of pyridine rings is 1. The van der Waals surface area contributed by atoms with Crippen molar-refractivity contribution in [2.24, 2.45) is 23.2 Å². The number of ether oxygens (including phenoxy) is 4. The number of carbonyl (C=O) groups excluding carboxylic acids is 3. The summed E-state index contributed by atoms with van der Waals surface area (Å²) in [6.07, 6.45) is 3.30. The predicted octanol–water partition coefficient (Wildman–Crippen LogP) is 5.02. The lowest BCUT2D eigenvalue weighted by Gasteiger charge is -2.35. The Bertz CT molecular complexity index is 2160. The van der Waals surface area contributed by atoms with E-state index in [-0.39, 0.29) is 31.5 Å². The van der Waals surface area contributed by atoms with Crippen LogP contribution in [0.1, 0.15) is 74.1 Å². The molecule has 0 spiro atoms. The van der Waals surface area contributed by atoms with Crippen LogP contribution in [0.25, 0.3) is 16.7 Å². The van der Waals surface area contributed by atoms with Crippen LogP contribution < -0.4 is 25.4 Å². The molecule has 3 amide bonds. The van der Waals surface area contributed by atoms with Gasteiger partial charge in [0.25, 0.3) is 0 Å². The Morgan fingerprint density at radius 1 is 1.05 bits per heavy atom. The van der Waals surface area contributed by atoms with Gasteiger partial charge in [-0.25, -0.2) is 19.3 Å². The number of hydrogen-bond donors (Lipinski definition) is 4. The van der Waals surface area contributed by atoms with E-state index in [1.165, 1.54) is 11.0 Å². The van der Waals surface area contributed by atoms with Gasteiger partial charge in [0.05, 0.1) is 25.3 Å². The van der Waals surface area contributed by atoms with E-state index >= 15 is 0 Å². The van der Waals surface area contributed by atoms with Gasteiger partial charge in [-0.05, 0) is 62.5 Å². The van der Waals surface area contributed by atoms with Crippen molar-refractivity contribution in [2.75, 3.05) is 51.3 Å². The fourth-order valence-electron chi connectivity index (χ4n) is 8.89. The van der Waals surface area contributed by atoms with Crippen LogP contribution >= 0.6 is 0 Å². The van der Waals surface area contributed by atoms with Gasteiger partial charge in [-0.15, -0.1) is 11.7 Å². The summed E-state index contributed by atoms with van der Waals surface area (Å²) in [5.74, 6) is 0.210. The molecule has 1 aromatic carbocycles. The molecule has 8 atom stereocenters. The topological polar surface area (TPSA) is 199 Å². The van der Waals surface area contributed by atoms with Crippen LogP contribution in [0.2, 0.25) is 0 Å². The molecule has 17 nitrogen and oxygen atoms in total. The van der Waals surface area contributed by atoms with Crippen molar-refractivity contribution >= 4 is 40.6 Å². The van der Waals surface area contributed by atoms with Crippen molar-refractivity contribution < 1.29 is 43.2 Å². The summed E-state index contributed by atoms with van der Waals surface area (Å²) in [4.78, 5) is 63.7. The number of aliphatic carboxylic acids is 1. The van der Waals surface area contributed by atoms with Crippen LogP contribution in [0.4, 0.5) is 10.6 Å². The molecular weight excluding hydrogens is 809 g/mol. The maximum absolute atomic E-state index is 14.8. The SMILES string of the molecule is C=C[C@@H]1C[C@]1(NC(=O)[C@@H]1C[C@@H](Oc2cc(-n3ccc(NC(C)C)n3)nc3cc(OCCN4CCOCC4)ccc23)CN1C(=O)[C@@H](NC(=O)OC1C[C@@H](C)[C@@H](C)C1)C(C)(C)C)C(=O)O. The third kappa shape index (κ3) is 10.5. The fraction of sp³-hybridized carbons (Fsp3) is 0.609. The first-order chi connectivity index (χ1) is 29.9. The van der Waals surface area contributed by atoms with Crippen LogP contribution in [0.5, 0.6) is 11.5 Å². The minimum atomic E-state index is -1.53. The van der Waals surface area contributed by atoms with Gasteiger partial charge in [0.1, 0.15) is 53.8 Å². The second-order valence-electron chi connectivity index (χ2n) is 19.1. The van der Waals surface area contributed by atoms with Gasteiger partial charge < -0.3 is 44.9 Å². The lowest BCUT2D eigenvalue weighted by atomic mass is 9.85. The molecule has 2 saturated heterocycles. The molecule has 2 aliphatic carbocycles. The van der Waals surface area contributed by atoms with E-state index in [4.69, 9.17) is 29.0 Å². The van der Waals surface area contributed by atoms with Crippen molar-refractivity contribution in [2.45, 2.75) is 110 Å². The van der Waals surface area contributed by atoms with Crippen LogP contribution in [0.15, 0.2) is 49.2 Å². The monoisotopic (exact) mass is 872 g/mol. The third-order valence-corrected chi connectivity index (χ3v) is 12.8. The van der Waals surface area contributed by atoms with Crippen LogP contribution in [-0.4, -0.2) is 135 Å². The molecule has 4 fully saturated rings. The average Bonchev–Trinajstić information content (AvgIpc) is 3.46. The molecule has 2 aromatic heterocycles. The Labute approximate surface area is 369 Å². The number of aromatic nitrogens is 3. The Kier molecular flexibility index (Phi) is 13.6. The maximum Gasteiger partial charge on any atom is 0.408 e. The Morgan fingerprint density at radius 2 is 1.78 bits per heavy atom. The molecule has 4 heterocycles. The summed E-state index contributed by atoms with van der Waals surface area (Å²) in [6.45, 7) is 21.9. The molecule has 2 aliphatic heterocycles. The number of benzene rings is 1. The van der Waals surface area contributed by atoms with Crippen molar-refractivity contribution in [3.8, 4) is 17.3 Å². The van der Waals surface area contributed by atoms with Crippen molar-refractivity contribution in [1.82, 2.24) is 35.2 Å². The number of carboxylic acids is 1. The molecule has 2 saturated carbocycles. The molecule has 0 radical (unpaired) electrons. The molecule has 4 N–H and O–H groups in total. The zero-order valence-electron chi connectivity index (χ0n) is 37.6. The molecular formula is C46H64N8O9. The molecule has 4 aliphatic rings. The normalized spacial score (nSPS) is 26.6. The number of alkyl carbamates (subject to hydrolysis) is 1. The van der Waals surface area contributed by atoms with E-state index in [2.05, 4.69) is 41.3 Å². The van der Waals surface area contributed by atoms with Crippen LogP contribution in [0.3, 0.4) is 0 Å². The quantitative estimate of drug-likeness (QED) is 0.140. The van der Waals surface area contributed by atoms with Gasteiger partial charge in [-0.1, -0.05) is 40.7 Å². The zero-order chi connectivity index (χ0) is 45.2. The summed E-state index contributed by atoms with van der Waals surface area (Å²) in [6, 6.07) is 7.14. The molecule has 17 heteroatoms. The largest absolute Gasteiger partial charge is 0.492 e. The van der Waals surface area contributed by atoms with Gasteiger partial charge in [0.15, 0.2) is 5.82 Å². The molecule has 342 valence electrons. The average molecular weight is 873 g/mol. The molecule has 7 rings (SSSR count). The predicted molar refractivity (Wildman–Crippen MR) is 236 cm³/mol. The standard InChI is InChI=1S/C46H64N8O9/c1-9-30-25-46(30,43(57)58)50-41(55)36-23-33(26-53(36)42(56)40(45(6,7)8)49-44(59)63-32-20-28(4)29(5)21-32)62-37-24-39(54-13-12-38(51-54)47-27(2)3)48-35-22-31(10-11-34(35)37)61-19-16-52-14-17-60-18-15-52/h9-13,22,24,27-30,32-33,36,40H,1,14-21,23,25-26H2,2-8H3,(H,47,51)(H,49,59)(H,50,55)(H,57,58)/t28-,29+,30-,32?,33-,36+,40-,46-/m1/s1. The summed E-state index contributed by atoms with van der Waals surface area (Å²) in [5.41, 5.74) is -1.75. The van der Waals surface area contributed by atoms with Gasteiger partial charge in [0, 0.05) is 67.8 Å². The fourth-order valence-corrected chi connectivity index (χ4v) is 8.89. The highest BCUT2D eigenvalue weighted by molar-refractivity contribution is 5.96. The number of likely N-dealkylation sites (tertiary alicyclic amines) is 1. The van der Waals surface area contributed by atoms with Crippen molar-refractivity contribution in [3.63, 3.8) is 0 Å². The number of morpholine rings is 1. The number of carboxylic acid groups (broad SMARTS) is 1. The number of carbonyl (C=O) groups is 4. The highest BCUT2D eigenvalue weighted by Crippen LogP contribution is 2.45. The van der Waals surface area contributed by atoms with E-state index in [0.29, 0.717) is 65.7 Å². The minimum absolute atomic E-state index is 0.0328. The summed E-state index contributed by atoms with van der Waals surface area (Å²) in [7, 11) is 0. The number of amides is 3. The zero-order valence-corrected chi connectivity index (χ0v) is 37.6. The Hall–Kier alpha value is -5.42. The molecule has 0 bridgehead atoms. The second kappa shape index (κ2) is 18.7. The molecule has 63 heavy (non-hydrogen) atoms. The van der Waals surface area contributed by atoms with Crippen LogP contribution in [0, 0.1) is 23.2 Å². The van der Waals surface area contributed by atoms with Gasteiger partial charge in [-0.3, -0.25) is 14.5 Å². The van der Waals surface area contributed by atoms with E-state index in [1.807, 2.05) is 58.9 Å². The molecule has 3 aromatic rings. The third-order valence-electron chi connectivity index (χ3n) is 12.8. The first-order valence-corrected chi connectivity index (χ1v) is 22.3. The van der Waals surface area contributed by atoms with E-state index in [0.717, 1.165) is 32.5 Å². The van der Waals surface area contributed by atoms with E-state index in [1.54, 1.807) is 16.9 Å². The van der Waals surface area contributed by atoms with Crippen molar-refractivity contribution in [1.29, 1.82) is 0 Å². The highest BCUT2D eigenvalue weighted by atomic mass is 16.6. The lowest BCUT2D eigenvalue weighted by molar-refractivity contribution is -0.146. The minimum Gasteiger partial charge on any atom is -0.492 e. The maximum atomic E-state index is 14.8. The number of rotatable bonds is 16.